The Hall–Kier alpha value is -1.98. The molecule has 0 heterocycles. The smallest absolute Gasteiger partial charge is 0.234 e. The van der Waals surface area contributed by atoms with Crippen molar-refractivity contribution < 1.29 is 9.59 Å². The molecule has 2 aromatic rings. The van der Waals surface area contributed by atoms with Gasteiger partial charge in [0.2, 0.25) is 11.8 Å². The lowest BCUT2D eigenvalue weighted by atomic mass is 10.1. The zero-order chi connectivity index (χ0) is 17.4. The molecule has 0 spiro atoms. The maximum absolute atomic E-state index is 11.9. The number of nitrogens with one attached hydrogen (secondary N) is 2. The Morgan fingerprint density at radius 2 is 1.58 bits per heavy atom. The highest BCUT2D eigenvalue weighted by atomic mass is 35.5. The molecule has 0 aliphatic heterocycles. The first-order valence-electron chi connectivity index (χ1n) is 7.59. The summed E-state index contributed by atoms with van der Waals surface area (Å²) in [4.78, 5) is 23.7. The largest absolute Gasteiger partial charge is 0.325 e. The minimum atomic E-state index is -0.150. The number of hydrogen-bond donors (Lipinski definition) is 2. The summed E-state index contributed by atoms with van der Waals surface area (Å²) in [5.41, 5.74) is 2.64. The summed E-state index contributed by atoms with van der Waals surface area (Å²) in [6.07, 6.45) is 0.920. The summed E-state index contributed by atoms with van der Waals surface area (Å²) in [6, 6.07) is 14.6. The molecular formula is C18H19ClN2O2S. The molecule has 2 amide bonds. The molecule has 0 radical (unpaired) electrons. The van der Waals surface area contributed by atoms with Crippen LogP contribution in [0.5, 0.6) is 0 Å². The summed E-state index contributed by atoms with van der Waals surface area (Å²) in [5.74, 6) is 0.172. The highest BCUT2D eigenvalue weighted by molar-refractivity contribution is 8.00. The minimum Gasteiger partial charge on any atom is -0.325 e. The monoisotopic (exact) mass is 362 g/mol. The molecule has 2 N–H and O–H groups in total. The van der Waals surface area contributed by atoms with Gasteiger partial charge in [-0.25, -0.2) is 0 Å². The van der Waals surface area contributed by atoms with Crippen LogP contribution in [0.3, 0.4) is 0 Å². The Morgan fingerprint density at radius 3 is 2.21 bits per heavy atom. The number of amides is 2. The lowest BCUT2D eigenvalue weighted by Crippen LogP contribution is -2.18. The van der Waals surface area contributed by atoms with Gasteiger partial charge in [-0.05, 0) is 48.4 Å². The van der Waals surface area contributed by atoms with Crippen molar-refractivity contribution in [1.29, 1.82) is 0 Å². The molecule has 0 aliphatic carbocycles. The minimum absolute atomic E-state index is 0.118. The molecule has 0 aromatic heterocycles. The van der Waals surface area contributed by atoms with E-state index in [4.69, 9.17) is 11.6 Å². The molecule has 2 aromatic carbocycles. The number of hydrogen-bond acceptors (Lipinski definition) is 3. The first-order valence-corrected chi connectivity index (χ1v) is 9.12. The summed E-state index contributed by atoms with van der Waals surface area (Å²) >= 11 is 7.06. The van der Waals surface area contributed by atoms with E-state index < -0.39 is 0 Å². The number of thioether (sulfide) groups is 1. The van der Waals surface area contributed by atoms with E-state index in [9.17, 15) is 9.59 Å². The molecule has 0 saturated carbocycles. The van der Waals surface area contributed by atoms with Crippen LogP contribution >= 0.6 is 23.4 Å². The first kappa shape index (κ1) is 18.4. The van der Waals surface area contributed by atoms with Gasteiger partial charge >= 0.3 is 0 Å². The zero-order valence-electron chi connectivity index (χ0n) is 13.3. The van der Waals surface area contributed by atoms with Gasteiger partial charge in [-0.2, -0.15) is 0 Å². The second-order valence-corrected chi connectivity index (χ2v) is 6.57. The maximum atomic E-state index is 11.9. The van der Waals surface area contributed by atoms with E-state index in [1.54, 1.807) is 24.3 Å². The SMILES string of the molecule is CCc1cccc(NC(=O)CSCC(=O)Nc2ccc(Cl)cc2)c1. The van der Waals surface area contributed by atoms with E-state index in [0.29, 0.717) is 10.7 Å². The van der Waals surface area contributed by atoms with Crippen LogP contribution in [0, 0.1) is 0 Å². The summed E-state index contributed by atoms with van der Waals surface area (Å²) < 4.78 is 0. The van der Waals surface area contributed by atoms with Gasteiger partial charge in [-0.15, -0.1) is 11.8 Å². The second kappa shape index (κ2) is 9.35. The predicted molar refractivity (Wildman–Crippen MR) is 102 cm³/mol. The predicted octanol–water partition coefficient (Wildman–Crippen LogP) is 4.21. The van der Waals surface area contributed by atoms with E-state index in [0.717, 1.165) is 12.1 Å². The fraction of sp³-hybridized carbons (Fsp3) is 0.222. The highest BCUT2D eigenvalue weighted by Crippen LogP contribution is 2.14. The number of halogens is 1. The van der Waals surface area contributed by atoms with Crippen LogP contribution in [0.25, 0.3) is 0 Å². The molecular weight excluding hydrogens is 344 g/mol. The lowest BCUT2D eigenvalue weighted by Gasteiger charge is -2.07. The highest BCUT2D eigenvalue weighted by Gasteiger charge is 2.07. The molecule has 4 nitrogen and oxygen atoms in total. The quantitative estimate of drug-likeness (QED) is 0.775. The summed E-state index contributed by atoms with van der Waals surface area (Å²) in [6.45, 7) is 2.07. The number of benzene rings is 2. The van der Waals surface area contributed by atoms with Crippen molar-refractivity contribution in [3.05, 3.63) is 59.1 Å². The summed E-state index contributed by atoms with van der Waals surface area (Å²) in [7, 11) is 0. The van der Waals surface area contributed by atoms with Crippen LogP contribution < -0.4 is 10.6 Å². The van der Waals surface area contributed by atoms with Crippen molar-refractivity contribution in [2.24, 2.45) is 0 Å². The van der Waals surface area contributed by atoms with Gasteiger partial charge in [0.1, 0.15) is 0 Å². The van der Waals surface area contributed by atoms with Crippen molar-refractivity contribution in [2.75, 3.05) is 22.1 Å². The van der Waals surface area contributed by atoms with Gasteiger partial charge in [-0.1, -0.05) is 30.7 Å². The average molecular weight is 363 g/mol. The van der Waals surface area contributed by atoms with Crippen molar-refractivity contribution in [1.82, 2.24) is 0 Å². The van der Waals surface area contributed by atoms with Crippen LogP contribution in [-0.2, 0) is 16.0 Å². The Labute approximate surface area is 151 Å². The Kier molecular flexibility index (Phi) is 7.15. The van der Waals surface area contributed by atoms with E-state index in [1.807, 2.05) is 24.3 Å². The van der Waals surface area contributed by atoms with Crippen molar-refractivity contribution in [3.8, 4) is 0 Å². The zero-order valence-corrected chi connectivity index (χ0v) is 14.9. The molecule has 0 bridgehead atoms. The van der Waals surface area contributed by atoms with Crippen LogP contribution in [-0.4, -0.2) is 23.3 Å². The van der Waals surface area contributed by atoms with Gasteiger partial charge in [0.25, 0.3) is 0 Å². The number of carbonyl (C=O) groups is 2. The van der Waals surface area contributed by atoms with Crippen LogP contribution in [0.2, 0.25) is 5.02 Å². The normalized spacial score (nSPS) is 10.2. The standard InChI is InChI=1S/C18H19ClN2O2S/c1-2-13-4-3-5-16(10-13)21-18(23)12-24-11-17(22)20-15-8-6-14(19)7-9-15/h3-10H,2,11-12H2,1H3,(H,20,22)(H,21,23). The average Bonchev–Trinajstić information content (AvgIpc) is 2.57. The van der Waals surface area contributed by atoms with Gasteiger partial charge < -0.3 is 10.6 Å². The molecule has 0 fully saturated rings. The molecule has 0 unspecified atom stereocenters. The third-order valence-electron chi connectivity index (χ3n) is 3.21. The van der Waals surface area contributed by atoms with Gasteiger partial charge in [0.15, 0.2) is 0 Å². The molecule has 0 saturated heterocycles. The van der Waals surface area contributed by atoms with Crippen LogP contribution in [0.4, 0.5) is 11.4 Å². The van der Waals surface area contributed by atoms with Crippen molar-refractivity contribution in [2.45, 2.75) is 13.3 Å². The molecule has 0 atom stereocenters. The van der Waals surface area contributed by atoms with Crippen molar-refractivity contribution in [3.63, 3.8) is 0 Å². The lowest BCUT2D eigenvalue weighted by molar-refractivity contribution is -0.114. The Morgan fingerprint density at radius 1 is 0.958 bits per heavy atom. The first-order chi connectivity index (χ1) is 11.6. The van der Waals surface area contributed by atoms with E-state index >= 15 is 0 Å². The fourth-order valence-corrected chi connectivity index (χ4v) is 2.78. The van der Waals surface area contributed by atoms with Crippen LogP contribution in [0.15, 0.2) is 48.5 Å². The van der Waals surface area contributed by atoms with E-state index in [2.05, 4.69) is 17.6 Å². The number of carbonyl (C=O) groups excluding carboxylic acids is 2. The van der Waals surface area contributed by atoms with Gasteiger partial charge in [-0.3, -0.25) is 9.59 Å². The van der Waals surface area contributed by atoms with Gasteiger partial charge in [0, 0.05) is 16.4 Å². The molecule has 126 valence electrons. The molecule has 6 heteroatoms. The van der Waals surface area contributed by atoms with E-state index in [1.165, 1.54) is 17.3 Å². The topological polar surface area (TPSA) is 58.2 Å². The third kappa shape index (κ3) is 6.26. The number of rotatable bonds is 7. The second-order valence-electron chi connectivity index (χ2n) is 5.15. The molecule has 0 aliphatic rings. The van der Waals surface area contributed by atoms with E-state index in [-0.39, 0.29) is 23.3 Å². The molecule has 24 heavy (non-hydrogen) atoms. The Balaban J connectivity index is 1.71. The third-order valence-corrected chi connectivity index (χ3v) is 4.40. The van der Waals surface area contributed by atoms with Gasteiger partial charge in [0.05, 0.1) is 11.5 Å². The number of anilines is 2. The maximum Gasteiger partial charge on any atom is 0.234 e. The fourth-order valence-electron chi connectivity index (χ4n) is 2.03. The Bertz CT molecular complexity index is 704. The summed E-state index contributed by atoms with van der Waals surface area (Å²) in [5, 5.41) is 6.21. The van der Waals surface area contributed by atoms with Crippen molar-refractivity contribution >= 4 is 46.6 Å². The molecule has 2 rings (SSSR count). The number of aryl methyl sites for hydroxylation is 1. The van der Waals surface area contributed by atoms with Crippen LogP contribution in [0.1, 0.15) is 12.5 Å².